The van der Waals surface area contributed by atoms with Crippen molar-refractivity contribution in [2.75, 3.05) is 0 Å². The van der Waals surface area contributed by atoms with Crippen LogP contribution in [0, 0.1) is 0 Å². The fourth-order valence-corrected chi connectivity index (χ4v) is 10.7. The number of hydrogen-bond acceptors (Lipinski definition) is 0. The van der Waals surface area contributed by atoms with Crippen molar-refractivity contribution >= 4 is 17.9 Å². The molecule has 2 aromatic rings. The Kier molecular flexibility index (Phi) is 4.31. The van der Waals surface area contributed by atoms with Gasteiger partial charge >= 0.3 is 0 Å². The van der Waals surface area contributed by atoms with Crippen molar-refractivity contribution in [3.63, 3.8) is 0 Å². The second kappa shape index (κ2) is 5.58. The van der Waals surface area contributed by atoms with Crippen LogP contribution in [0.4, 0.5) is 0 Å². The molecule has 0 fully saturated rings. The van der Waals surface area contributed by atoms with Crippen molar-refractivity contribution in [2.45, 2.75) is 51.9 Å². The van der Waals surface area contributed by atoms with Gasteiger partial charge in [-0.2, -0.15) is 0 Å². The van der Waals surface area contributed by atoms with E-state index in [0.29, 0.717) is 0 Å². The standard InChI is InChI=1S/C20H28P/c1-19(2,3)21(20(4,5)6,17-13-9-7-10-14-17)18-15-11-8-12-16-18/h7-16H,1-6H3/q+1. The minimum atomic E-state index is -1.57. The average molecular weight is 299 g/mol. The summed E-state index contributed by atoms with van der Waals surface area (Å²) in [6, 6.07) is 22.3. The second-order valence-electron chi connectivity index (χ2n) is 7.68. The van der Waals surface area contributed by atoms with Gasteiger partial charge in [-0.1, -0.05) is 36.4 Å². The van der Waals surface area contributed by atoms with Crippen LogP contribution in [0.5, 0.6) is 0 Å². The maximum absolute atomic E-state index is 2.41. The van der Waals surface area contributed by atoms with Crippen molar-refractivity contribution in [3.05, 3.63) is 60.7 Å². The predicted molar refractivity (Wildman–Crippen MR) is 98.6 cm³/mol. The monoisotopic (exact) mass is 299 g/mol. The molecule has 2 rings (SSSR count). The minimum Gasteiger partial charge on any atom is -0.0620 e. The van der Waals surface area contributed by atoms with Gasteiger partial charge in [0.1, 0.15) is 10.6 Å². The fraction of sp³-hybridized carbons (Fsp3) is 0.400. The molecule has 0 heterocycles. The molecule has 0 aromatic heterocycles. The van der Waals surface area contributed by atoms with E-state index in [1.807, 2.05) is 0 Å². The zero-order valence-electron chi connectivity index (χ0n) is 14.2. The number of benzene rings is 2. The zero-order chi connectivity index (χ0) is 15.7. The van der Waals surface area contributed by atoms with Gasteiger partial charge in [0, 0.05) is 0 Å². The van der Waals surface area contributed by atoms with Gasteiger partial charge in [0.15, 0.2) is 0 Å². The van der Waals surface area contributed by atoms with Gasteiger partial charge in [0.25, 0.3) is 0 Å². The van der Waals surface area contributed by atoms with Crippen LogP contribution >= 0.6 is 7.26 Å². The molecule has 0 atom stereocenters. The van der Waals surface area contributed by atoms with Crippen molar-refractivity contribution in [3.8, 4) is 0 Å². The first kappa shape index (κ1) is 16.2. The van der Waals surface area contributed by atoms with E-state index in [4.69, 9.17) is 0 Å². The van der Waals surface area contributed by atoms with Gasteiger partial charge in [-0.15, -0.1) is 0 Å². The van der Waals surface area contributed by atoms with Gasteiger partial charge in [-0.3, -0.25) is 0 Å². The molecule has 0 saturated carbocycles. The molecule has 0 nitrogen and oxygen atoms in total. The van der Waals surface area contributed by atoms with Crippen molar-refractivity contribution in [1.29, 1.82) is 0 Å². The lowest BCUT2D eigenvalue weighted by Crippen LogP contribution is -2.46. The van der Waals surface area contributed by atoms with Crippen LogP contribution in [0.25, 0.3) is 0 Å². The van der Waals surface area contributed by atoms with Crippen LogP contribution in [-0.2, 0) is 0 Å². The molecule has 0 N–H and O–H groups in total. The Bertz CT molecular complexity index is 515. The van der Waals surface area contributed by atoms with Gasteiger partial charge in [0.2, 0.25) is 0 Å². The van der Waals surface area contributed by atoms with Gasteiger partial charge in [0.05, 0.1) is 17.6 Å². The normalized spacial score (nSPS) is 13.2. The summed E-state index contributed by atoms with van der Waals surface area (Å²) in [5.41, 5.74) is 0. The summed E-state index contributed by atoms with van der Waals surface area (Å²) < 4.78 is 0. The van der Waals surface area contributed by atoms with Crippen molar-refractivity contribution < 1.29 is 0 Å². The van der Waals surface area contributed by atoms with Gasteiger partial charge in [-0.05, 0) is 65.8 Å². The Morgan fingerprint density at radius 3 is 1.05 bits per heavy atom. The fourth-order valence-electron chi connectivity index (χ4n) is 4.01. The van der Waals surface area contributed by atoms with Crippen molar-refractivity contribution in [1.82, 2.24) is 0 Å². The first-order valence-electron chi connectivity index (χ1n) is 7.72. The van der Waals surface area contributed by atoms with E-state index in [2.05, 4.69) is 102 Å². The Morgan fingerprint density at radius 1 is 0.524 bits per heavy atom. The van der Waals surface area contributed by atoms with E-state index >= 15 is 0 Å². The van der Waals surface area contributed by atoms with Gasteiger partial charge < -0.3 is 0 Å². The smallest absolute Gasteiger partial charge is 0.0620 e. The van der Waals surface area contributed by atoms with Crippen molar-refractivity contribution in [2.24, 2.45) is 0 Å². The highest BCUT2D eigenvalue weighted by atomic mass is 31.2. The Labute approximate surface area is 130 Å². The Morgan fingerprint density at radius 2 is 0.810 bits per heavy atom. The molecule has 0 aliphatic heterocycles. The highest BCUT2D eigenvalue weighted by Crippen LogP contribution is 2.74. The van der Waals surface area contributed by atoms with Crippen LogP contribution < -0.4 is 10.6 Å². The van der Waals surface area contributed by atoms with E-state index < -0.39 is 7.26 Å². The summed E-state index contributed by atoms with van der Waals surface area (Å²) in [5, 5.41) is 3.45. The minimum absolute atomic E-state index is 0.216. The second-order valence-corrected chi connectivity index (χ2v) is 12.7. The summed E-state index contributed by atoms with van der Waals surface area (Å²) in [7, 11) is -1.57. The summed E-state index contributed by atoms with van der Waals surface area (Å²) in [6.45, 7) is 14.5. The Hall–Kier alpha value is -1.13. The summed E-state index contributed by atoms with van der Waals surface area (Å²) in [4.78, 5) is 0. The molecule has 21 heavy (non-hydrogen) atoms. The third kappa shape index (κ3) is 2.67. The molecular weight excluding hydrogens is 271 g/mol. The lowest BCUT2D eigenvalue weighted by Gasteiger charge is -2.46. The first-order chi connectivity index (χ1) is 9.71. The number of rotatable bonds is 2. The summed E-state index contributed by atoms with van der Waals surface area (Å²) in [5.74, 6) is 0. The molecule has 2 aromatic carbocycles. The maximum Gasteiger partial charge on any atom is 0.100 e. The van der Waals surface area contributed by atoms with Gasteiger partial charge in [-0.25, -0.2) is 0 Å². The predicted octanol–water partition coefficient (Wildman–Crippen LogP) is 5.25. The Balaban J connectivity index is 2.87. The molecule has 0 unspecified atom stereocenters. The highest BCUT2D eigenvalue weighted by molar-refractivity contribution is 7.91. The molecule has 112 valence electrons. The maximum atomic E-state index is 2.41. The third-order valence-corrected chi connectivity index (χ3v) is 10.5. The largest absolute Gasteiger partial charge is 0.100 e. The quantitative estimate of drug-likeness (QED) is 0.664. The highest BCUT2D eigenvalue weighted by Gasteiger charge is 2.60. The van der Waals surface area contributed by atoms with Crippen LogP contribution in [0.1, 0.15) is 41.5 Å². The van der Waals surface area contributed by atoms with E-state index in [-0.39, 0.29) is 10.3 Å². The lowest BCUT2D eigenvalue weighted by atomic mass is 10.2. The average Bonchev–Trinajstić information content (AvgIpc) is 2.38. The van der Waals surface area contributed by atoms with E-state index in [0.717, 1.165) is 0 Å². The molecule has 0 bridgehead atoms. The number of hydrogen-bond donors (Lipinski definition) is 0. The van der Waals surface area contributed by atoms with Crippen LogP contribution in [0.3, 0.4) is 0 Å². The van der Waals surface area contributed by atoms with Crippen LogP contribution in [0.15, 0.2) is 60.7 Å². The molecule has 0 amide bonds. The van der Waals surface area contributed by atoms with E-state index in [1.165, 1.54) is 10.6 Å². The van der Waals surface area contributed by atoms with E-state index in [1.54, 1.807) is 0 Å². The molecule has 0 aliphatic carbocycles. The lowest BCUT2D eigenvalue weighted by molar-refractivity contribution is 0.703. The SMILES string of the molecule is CC(C)(C)[P+](c1ccccc1)(c1ccccc1)C(C)(C)C. The first-order valence-corrected chi connectivity index (χ1v) is 9.50. The van der Waals surface area contributed by atoms with Crippen LogP contribution in [-0.4, -0.2) is 10.3 Å². The molecular formula is C20H28P+. The molecule has 0 radical (unpaired) electrons. The summed E-state index contributed by atoms with van der Waals surface area (Å²) in [6.07, 6.45) is 0. The molecule has 0 saturated heterocycles. The molecule has 0 spiro atoms. The van der Waals surface area contributed by atoms with Crippen LogP contribution in [0.2, 0.25) is 0 Å². The zero-order valence-corrected chi connectivity index (χ0v) is 15.1. The summed E-state index contributed by atoms with van der Waals surface area (Å²) >= 11 is 0. The third-order valence-electron chi connectivity index (χ3n) is 4.30. The topological polar surface area (TPSA) is 0 Å². The molecule has 0 aliphatic rings. The molecule has 1 heteroatoms. The van der Waals surface area contributed by atoms with E-state index in [9.17, 15) is 0 Å².